The van der Waals surface area contributed by atoms with Crippen LogP contribution in [-0.4, -0.2) is 36.5 Å². The van der Waals surface area contributed by atoms with Crippen molar-refractivity contribution in [2.24, 2.45) is 11.8 Å². The molecule has 4 heteroatoms. The normalized spacial score (nSPS) is 26.8. The van der Waals surface area contributed by atoms with Crippen molar-refractivity contribution in [1.29, 1.82) is 0 Å². The highest BCUT2D eigenvalue weighted by atomic mass is 16.5. The van der Waals surface area contributed by atoms with Crippen LogP contribution in [0.3, 0.4) is 0 Å². The van der Waals surface area contributed by atoms with Gasteiger partial charge in [0.15, 0.2) is 0 Å². The molecule has 0 radical (unpaired) electrons. The summed E-state index contributed by atoms with van der Waals surface area (Å²) >= 11 is 0. The molecule has 0 aliphatic heterocycles. The maximum atomic E-state index is 12.4. The predicted molar refractivity (Wildman–Crippen MR) is 72.5 cm³/mol. The summed E-state index contributed by atoms with van der Waals surface area (Å²) in [6.07, 6.45) is 7.10. The van der Waals surface area contributed by atoms with E-state index in [0.717, 1.165) is 19.3 Å². The summed E-state index contributed by atoms with van der Waals surface area (Å²) in [4.78, 5) is 25.7. The molecule has 0 bridgehead atoms. The van der Waals surface area contributed by atoms with Gasteiger partial charge in [-0.25, -0.2) is 0 Å². The Morgan fingerprint density at radius 3 is 2.42 bits per heavy atom. The molecule has 0 aromatic heterocycles. The van der Waals surface area contributed by atoms with Gasteiger partial charge in [-0.3, -0.25) is 9.59 Å². The maximum Gasteiger partial charge on any atom is 0.307 e. The lowest BCUT2D eigenvalue weighted by Crippen LogP contribution is -2.47. The van der Waals surface area contributed by atoms with Crippen LogP contribution in [0.1, 0.15) is 51.9 Å². The molecular weight excluding hydrogens is 242 g/mol. The molecule has 0 aromatic rings. The summed E-state index contributed by atoms with van der Waals surface area (Å²) in [5.41, 5.74) is 0. The quantitative estimate of drug-likeness (QED) is 0.718. The SMILES string of the molecule is COC(=O)CCN(C(=O)C1CC1)C1CCCCC1C. The van der Waals surface area contributed by atoms with E-state index < -0.39 is 0 Å². The molecule has 0 heterocycles. The summed E-state index contributed by atoms with van der Waals surface area (Å²) in [7, 11) is 1.40. The Morgan fingerprint density at radius 1 is 1.16 bits per heavy atom. The lowest BCUT2D eigenvalue weighted by Gasteiger charge is -2.38. The van der Waals surface area contributed by atoms with E-state index in [4.69, 9.17) is 4.74 Å². The van der Waals surface area contributed by atoms with Crippen LogP contribution in [0, 0.1) is 11.8 Å². The largest absolute Gasteiger partial charge is 0.469 e. The van der Waals surface area contributed by atoms with Crippen LogP contribution in [0.5, 0.6) is 0 Å². The molecule has 2 saturated carbocycles. The fourth-order valence-corrected chi connectivity index (χ4v) is 3.08. The molecule has 2 unspecified atom stereocenters. The predicted octanol–water partition coefficient (Wildman–Crippen LogP) is 2.37. The molecule has 2 aliphatic rings. The summed E-state index contributed by atoms with van der Waals surface area (Å²) in [5.74, 6) is 0.820. The number of rotatable bonds is 5. The lowest BCUT2D eigenvalue weighted by atomic mass is 9.84. The van der Waals surface area contributed by atoms with Crippen LogP contribution in [0.2, 0.25) is 0 Å². The summed E-state index contributed by atoms with van der Waals surface area (Å²) in [5, 5.41) is 0. The van der Waals surface area contributed by atoms with Gasteiger partial charge < -0.3 is 9.64 Å². The maximum absolute atomic E-state index is 12.4. The van der Waals surface area contributed by atoms with Crippen molar-refractivity contribution in [3.63, 3.8) is 0 Å². The first kappa shape index (κ1) is 14.4. The minimum absolute atomic E-state index is 0.225. The first-order valence-corrected chi connectivity index (χ1v) is 7.50. The number of methoxy groups -OCH3 is 1. The van der Waals surface area contributed by atoms with E-state index in [1.54, 1.807) is 0 Å². The molecule has 2 aliphatic carbocycles. The molecule has 2 fully saturated rings. The van der Waals surface area contributed by atoms with Crippen LogP contribution in [-0.2, 0) is 14.3 Å². The van der Waals surface area contributed by atoms with Gasteiger partial charge >= 0.3 is 5.97 Å². The van der Waals surface area contributed by atoms with Crippen LogP contribution in [0.25, 0.3) is 0 Å². The van der Waals surface area contributed by atoms with Crippen molar-refractivity contribution >= 4 is 11.9 Å². The van der Waals surface area contributed by atoms with Crippen molar-refractivity contribution < 1.29 is 14.3 Å². The molecule has 4 nitrogen and oxygen atoms in total. The molecule has 0 N–H and O–H groups in total. The zero-order valence-corrected chi connectivity index (χ0v) is 12.1. The lowest BCUT2D eigenvalue weighted by molar-refractivity contribution is -0.143. The molecule has 19 heavy (non-hydrogen) atoms. The second kappa shape index (κ2) is 6.40. The zero-order valence-electron chi connectivity index (χ0n) is 12.1. The van der Waals surface area contributed by atoms with Crippen LogP contribution in [0.15, 0.2) is 0 Å². The first-order valence-electron chi connectivity index (χ1n) is 7.50. The van der Waals surface area contributed by atoms with Crippen molar-refractivity contribution in [3.8, 4) is 0 Å². The average Bonchev–Trinajstić information content (AvgIpc) is 3.24. The number of hydrogen-bond donors (Lipinski definition) is 0. The highest BCUT2D eigenvalue weighted by Crippen LogP contribution is 2.35. The monoisotopic (exact) mass is 267 g/mol. The van der Waals surface area contributed by atoms with E-state index >= 15 is 0 Å². The minimum Gasteiger partial charge on any atom is -0.469 e. The second-order valence-electron chi connectivity index (χ2n) is 5.96. The minimum atomic E-state index is -0.225. The van der Waals surface area contributed by atoms with E-state index in [0.29, 0.717) is 24.9 Å². The van der Waals surface area contributed by atoms with E-state index in [9.17, 15) is 9.59 Å². The van der Waals surface area contributed by atoms with Gasteiger partial charge in [0.2, 0.25) is 5.91 Å². The van der Waals surface area contributed by atoms with Gasteiger partial charge in [0.1, 0.15) is 0 Å². The number of amides is 1. The van der Waals surface area contributed by atoms with Crippen LogP contribution < -0.4 is 0 Å². The van der Waals surface area contributed by atoms with E-state index in [2.05, 4.69) is 6.92 Å². The van der Waals surface area contributed by atoms with Gasteiger partial charge in [0.05, 0.1) is 13.5 Å². The van der Waals surface area contributed by atoms with Gasteiger partial charge in [-0.1, -0.05) is 19.8 Å². The molecule has 0 spiro atoms. The van der Waals surface area contributed by atoms with Gasteiger partial charge in [0, 0.05) is 18.5 Å². The third-order valence-corrected chi connectivity index (χ3v) is 4.46. The molecule has 108 valence electrons. The van der Waals surface area contributed by atoms with Gasteiger partial charge in [0.25, 0.3) is 0 Å². The Kier molecular flexibility index (Phi) is 4.83. The van der Waals surface area contributed by atoms with Crippen LogP contribution in [0.4, 0.5) is 0 Å². The number of nitrogens with zero attached hydrogens (tertiary/aromatic N) is 1. The molecule has 0 aromatic carbocycles. The summed E-state index contributed by atoms with van der Waals surface area (Å²) in [6, 6.07) is 0.325. The first-order chi connectivity index (χ1) is 9.13. The Labute approximate surface area is 115 Å². The molecule has 2 rings (SSSR count). The van der Waals surface area contributed by atoms with Crippen molar-refractivity contribution in [2.45, 2.75) is 57.9 Å². The molecular formula is C15H25NO3. The topological polar surface area (TPSA) is 46.6 Å². The number of carbonyl (C=O) groups is 2. The molecule has 2 atom stereocenters. The van der Waals surface area contributed by atoms with Crippen molar-refractivity contribution in [2.75, 3.05) is 13.7 Å². The van der Waals surface area contributed by atoms with Gasteiger partial charge in [-0.05, 0) is 31.6 Å². The highest BCUT2D eigenvalue weighted by Gasteiger charge is 2.38. The fraction of sp³-hybridized carbons (Fsp3) is 0.867. The van der Waals surface area contributed by atoms with Crippen LogP contribution >= 0.6 is 0 Å². The number of esters is 1. The van der Waals surface area contributed by atoms with Crippen molar-refractivity contribution in [3.05, 3.63) is 0 Å². The zero-order chi connectivity index (χ0) is 13.8. The Balaban J connectivity index is 1.99. The van der Waals surface area contributed by atoms with Gasteiger partial charge in [-0.2, -0.15) is 0 Å². The average molecular weight is 267 g/mol. The van der Waals surface area contributed by atoms with E-state index in [-0.39, 0.29) is 17.8 Å². The van der Waals surface area contributed by atoms with Crippen molar-refractivity contribution in [1.82, 2.24) is 4.90 Å². The number of ether oxygens (including phenoxy) is 1. The Hall–Kier alpha value is -1.06. The van der Waals surface area contributed by atoms with Gasteiger partial charge in [-0.15, -0.1) is 0 Å². The fourth-order valence-electron chi connectivity index (χ4n) is 3.08. The summed E-state index contributed by atoms with van der Waals surface area (Å²) in [6.45, 7) is 2.76. The van der Waals surface area contributed by atoms with E-state index in [1.807, 2.05) is 4.90 Å². The molecule has 1 amide bonds. The highest BCUT2D eigenvalue weighted by molar-refractivity contribution is 5.82. The standard InChI is InChI=1S/C15H25NO3/c1-11-5-3-4-6-13(11)16(10-9-14(17)19-2)15(18)12-7-8-12/h11-13H,3-10H2,1-2H3. The Morgan fingerprint density at radius 2 is 1.84 bits per heavy atom. The number of hydrogen-bond acceptors (Lipinski definition) is 3. The Bertz CT molecular complexity index is 338. The summed E-state index contributed by atoms with van der Waals surface area (Å²) < 4.78 is 4.69. The number of carbonyl (C=O) groups excluding carboxylic acids is 2. The van der Waals surface area contributed by atoms with E-state index in [1.165, 1.54) is 26.4 Å². The smallest absolute Gasteiger partial charge is 0.307 e. The third kappa shape index (κ3) is 3.71. The third-order valence-electron chi connectivity index (χ3n) is 4.46. The second-order valence-corrected chi connectivity index (χ2v) is 5.96. The molecule has 0 saturated heterocycles.